The zero-order valence-electron chi connectivity index (χ0n) is 16.2. The van der Waals surface area contributed by atoms with E-state index in [-0.39, 0.29) is 0 Å². The van der Waals surface area contributed by atoms with Crippen LogP contribution in [0.15, 0.2) is 52.1 Å². The van der Waals surface area contributed by atoms with Crippen molar-refractivity contribution in [3.63, 3.8) is 0 Å². The molecule has 0 unspecified atom stereocenters. The molecule has 2 aromatic heterocycles. The second-order valence-corrected chi connectivity index (χ2v) is 6.50. The van der Waals surface area contributed by atoms with Crippen LogP contribution in [0.4, 0.5) is 0 Å². The number of pyridine rings is 1. The molecule has 0 saturated heterocycles. The number of fused-ring (bicyclic) bond motifs is 1. The van der Waals surface area contributed by atoms with E-state index in [4.69, 9.17) is 4.52 Å². The predicted octanol–water partition coefficient (Wildman–Crippen LogP) is 3.99. The zero-order chi connectivity index (χ0) is 19.1. The van der Waals surface area contributed by atoms with Gasteiger partial charge in [-0.15, -0.1) is 0 Å². The standard InChI is InChI=1S/C21H27N5O/c1-4-15(5-2)19-12-18(27-26-19)14-25-21(22-3)24-13-17-9-6-8-16-10-7-11-23-20(16)17/h6-12,15H,4-5,13-14H2,1-3H3,(H2,22,24,25). The molecule has 2 heterocycles. The molecule has 3 rings (SSSR count). The van der Waals surface area contributed by atoms with Gasteiger partial charge in [0.2, 0.25) is 0 Å². The number of aliphatic imine (C=N–C) groups is 1. The Morgan fingerprint density at radius 2 is 1.89 bits per heavy atom. The van der Waals surface area contributed by atoms with E-state index in [1.165, 1.54) is 0 Å². The van der Waals surface area contributed by atoms with Crippen LogP contribution in [0.1, 0.15) is 49.6 Å². The molecule has 1 aromatic carbocycles. The Labute approximate surface area is 160 Å². The van der Waals surface area contributed by atoms with E-state index >= 15 is 0 Å². The molecular weight excluding hydrogens is 338 g/mol. The van der Waals surface area contributed by atoms with Crippen LogP contribution in [0.3, 0.4) is 0 Å². The smallest absolute Gasteiger partial charge is 0.191 e. The summed E-state index contributed by atoms with van der Waals surface area (Å²) in [4.78, 5) is 8.77. The molecule has 27 heavy (non-hydrogen) atoms. The Bertz CT molecular complexity index is 893. The first kappa shape index (κ1) is 18.9. The number of hydrogen-bond acceptors (Lipinski definition) is 4. The molecule has 6 heteroatoms. The average molecular weight is 365 g/mol. The highest BCUT2D eigenvalue weighted by Crippen LogP contribution is 2.22. The molecular formula is C21H27N5O. The van der Waals surface area contributed by atoms with Gasteiger partial charge in [0, 0.05) is 37.2 Å². The lowest BCUT2D eigenvalue weighted by Crippen LogP contribution is -2.36. The van der Waals surface area contributed by atoms with Gasteiger partial charge in [-0.05, 0) is 24.5 Å². The van der Waals surface area contributed by atoms with Crippen LogP contribution in [0.25, 0.3) is 10.9 Å². The molecule has 0 saturated carbocycles. The summed E-state index contributed by atoms with van der Waals surface area (Å²) >= 11 is 0. The Hall–Kier alpha value is -2.89. The molecule has 0 fully saturated rings. The number of aromatic nitrogens is 2. The molecule has 0 amide bonds. The lowest BCUT2D eigenvalue weighted by atomic mass is 9.99. The minimum absolute atomic E-state index is 0.457. The van der Waals surface area contributed by atoms with E-state index in [2.05, 4.69) is 57.8 Å². The van der Waals surface area contributed by atoms with Gasteiger partial charge < -0.3 is 15.2 Å². The second-order valence-electron chi connectivity index (χ2n) is 6.50. The van der Waals surface area contributed by atoms with Gasteiger partial charge in [0.25, 0.3) is 0 Å². The van der Waals surface area contributed by atoms with E-state index in [9.17, 15) is 0 Å². The van der Waals surface area contributed by atoms with Crippen LogP contribution in [0.5, 0.6) is 0 Å². The number of benzene rings is 1. The van der Waals surface area contributed by atoms with Gasteiger partial charge in [-0.2, -0.15) is 0 Å². The fraction of sp³-hybridized carbons (Fsp3) is 0.381. The Morgan fingerprint density at radius 3 is 2.67 bits per heavy atom. The Kier molecular flexibility index (Phi) is 6.41. The van der Waals surface area contributed by atoms with Crippen molar-refractivity contribution in [3.8, 4) is 0 Å². The summed E-state index contributed by atoms with van der Waals surface area (Å²) in [6.45, 7) is 5.54. The van der Waals surface area contributed by atoms with Crippen LogP contribution in [-0.4, -0.2) is 23.1 Å². The van der Waals surface area contributed by atoms with Gasteiger partial charge in [-0.25, -0.2) is 0 Å². The van der Waals surface area contributed by atoms with Crippen molar-refractivity contribution < 1.29 is 4.52 Å². The Morgan fingerprint density at radius 1 is 1.11 bits per heavy atom. The normalized spacial score (nSPS) is 11.9. The molecule has 3 aromatic rings. The van der Waals surface area contributed by atoms with Crippen LogP contribution in [0, 0.1) is 0 Å². The van der Waals surface area contributed by atoms with E-state index < -0.39 is 0 Å². The van der Waals surface area contributed by atoms with E-state index in [1.54, 1.807) is 7.05 Å². The van der Waals surface area contributed by atoms with Crippen molar-refractivity contribution >= 4 is 16.9 Å². The van der Waals surface area contributed by atoms with E-state index in [1.807, 2.05) is 24.4 Å². The summed E-state index contributed by atoms with van der Waals surface area (Å²) in [6, 6.07) is 12.2. The third kappa shape index (κ3) is 4.64. The lowest BCUT2D eigenvalue weighted by Gasteiger charge is -2.12. The number of guanidine groups is 1. The van der Waals surface area contributed by atoms with Crippen molar-refractivity contribution in [3.05, 3.63) is 59.6 Å². The van der Waals surface area contributed by atoms with Crippen molar-refractivity contribution in [2.45, 2.75) is 45.7 Å². The third-order valence-corrected chi connectivity index (χ3v) is 4.80. The topological polar surface area (TPSA) is 75.3 Å². The minimum atomic E-state index is 0.457. The van der Waals surface area contributed by atoms with Crippen molar-refractivity contribution in [1.29, 1.82) is 0 Å². The highest BCUT2D eigenvalue weighted by atomic mass is 16.5. The summed E-state index contributed by atoms with van der Waals surface area (Å²) in [5, 5.41) is 12.0. The number of nitrogens with one attached hydrogen (secondary N) is 2. The Balaban J connectivity index is 1.58. The summed E-state index contributed by atoms with van der Waals surface area (Å²) in [7, 11) is 1.76. The van der Waals surface area contributed by atoms with Crippen LogP contribution < -0.4 is 10.6 Å². The summed E-state index contributed by atoms with van der Waals surface area (Å²) < 4.78 is 5.46. The molecule has 6 nitrogen and oxygen atoms in total. The first-order chi connectivity index (χ1) is 13.2. The number of hydrogen-bond donors (Lipinski definition) is 2. The van der Waals surface area contributed by atoms with Crippen LogP contribution in [-0.2, 0) is 13.1 Å². The fourth-order valence-electron chi connectivity index (χ4n) is 3.19. The van der Waals surface area contributed by atoms with Gasteiger partial charge in [0.15, 0.2) is 11.7 Å². The molecule has 0 atom stereocenters. The molecule has 2 N–H and O–H groups in total. The summed E-state index contributed by atoms with van der Waals surface area (Å²) in [6.07, 6.45) is 3.96. The largest absolute Gasteiger partial charge is 0.359 e. The number of para-hydroxylation sites is 1. The van der Waals surface area contributed by atoms with E-state index in [0.717, 1.165) is 40.8 Å². The highest BCUT2D eigenvalue weighted by Gasteiger charge is 2.13. The number of nitrogens with zero attached hydrogens (tertiary/aromatic N) is 3. The van der Waals surface area contributed by atoms with Gasteiger partial charge >= 0.3 is 0 Å². The van der Waals surface area contributed by atoms with Gasteiger partial charge in [-0.3, -0.25) is 9.98 Å². The van der Waals surface area contributed by atoms with Gasteiger partial charge in [0.1, 0.15) is 0 Å². The molecule has 0 radical (unpaired) electrons. The number of rotatable bonds is 7. The lowest BCUT2D eigenvalue weighted by molar-refractivity contribution is 0.368. The van der Waals surface area contributed by atoms with Crippen LogP contribution >= 0.6 is 0 Å². The monoisotopic (exact) mass is 365 g/mol. The summed E-state index contributed by atoms with van der Waals surface area (Å²) in [5.74, 6) is 1.98. The van der Waals surface area contributed by atoms with Crippen LogP contribution in [0.2, 0.25) is 0 Å². The summed E-state index contributed by atoms with van der Waals surface area (Å²) in [5.41, 5.74) is 3.17. The second kappa shape index (κ2) is 9.16. The van der Waals surface area contributed by atoms with Crippen molar-refractivity contribution in [1.82, 2.24) is 20.8 Å². The molecule has 0 aliphatic carbocycles. The molecule has 0 spiro atoms. The molecule has 0 bridgehead atoms. The minimum Gasteiger partial charge on any atom is -0.359 e. The quantitative estimate of drug-likeness (QED) is 0.489. The van der Waals surface area contributed by atoms with Gasteiger partial charge in [0.05, 0.1) is 17.8 Å². The maximum Gasteiger partial charge on any atom is 0.191 e. The molecule has 142 valence electrons. The van der Waals surface area contributed by atoms with Gasteiger partial charge in [-0.1, -0.05) is 43.3 Å². The van der Waals surface area contributed by atoms with Crippen molar-refractivity contribution in [2.24, 2.45) is 4.99 Å². The highest BCUT2D eigenvalue weighted by molar-refractivity contribution is 5.83. The van der Waals surface area contributed by atoms with Crippen molar-refractivity contribution in [2.75, 3.05) is 7.05 Å². The zero-order valence-corrected chi connectivity index (χ0v) is 16.2. The molecule has 0 aliphatic heterocycles. The average Bonchev–Trinajstić information content (AvgIpc) is 3.18. The fourth-order valence-corrected chi connectivity index (χ4v) is 3.19. The third-order valence-electron chi connectivity index (χ3n) is 4.80. The SMILES string of the molecule is CCC(CC)c1cc(CNC(=NC)NCc2cccc3cccnc23)on1. The first-order valence-electron chi connectivity index (χ1n) is 9.47. The molecule has 0 aliphatic rings. The first-order valence-corrected chi connectivity index (χ1v) is 9.47. The predicted molar refractivity (Wildman–Crippen MR) is 109 cm³/mol. The maximum absolute atomic E-state index is 5.46. The van der Waals surface area contributed by atoms with E-state index in [0.29, 0.717) is 25.0 Å². The maximum atomic E-state index is 5.46.